The molecule has 8 nitrogen and oxygen atoms in total. The molecule has 2 amide bonds. The van der Waals surface area contributed by atoms with Gasteiger partial charge in [0.25, 0.3) is 0 Å². The van der Waals surface area contributed by atoms with E-state index in [-0.39, 0.29) is 18.7 Å². The van der Waals surface area contributed by atoms with Crippen molar-refractivity contribution in [3.05, 3.63) is 30.3 Å². The zero-order valence-electron chi connectivity index (χ0n) is 12.9. The molecule has 8 heteroatoms. The lowest BCUT2D eigenvalue weighted by Crippen LogP contribution is -2.40. The first-order valence-corrected chi connectivity index (χ1v) is 7.57. The zero-order valence-corrected chi connectivity index (χ0v) is 12.9. The molecule has 1 saturated heterocycles. The first-order valence-electron chi connectivity index (χ1n) is 7.57. The number of pyridine rings is 1. The van der Waals surface area contributed by atoms with E-state index in [1.807, 2.05) is 12.1 Å². The Bertz CT molecular complexity index is 640. The van der Waals surface area contributed by atoms with Crippen LogP contribution < -0.4 is 5.32 Å². The van der Waals surface area contributed by atoms with Gasteiger partial charge >= 0.3 is 6.03 Å². The molecule has 0 aliphatic carbocycles. The summed E-state index contributed by atoms with van der Waals surface area (Å²) in [5.41, 5.74) is 0.629. The quantitative estimate of drug-likeness (QED) is 0.897. The minimum absolute atomic E-state index is 0.130. The van der Waals surface area contributed by atoms with Crippen LogP contribution in [0.4, 0.5) is 4.79 Å². The lowest BCUT2D eigenvalue weighted by atomic mass is 10.2. The van der Waals surface area contributed by atoms with Crippen LogP contribution in [0.3, 0.4) is 0 Å². The van der Waals surface area contributed by atoms with Crippen molar-refractivity contribution in [1.82, 2.24) is 25.3 Å². The number of amides is 2. The van der Waals surface area contributed by atoms with Gasteiger partial charge in [-0.25, -0.2) is 4.79 Å². The van der Waals surface area contributed by atoms with Crippen molar-refractivity contribution in [2.75, 3.05) is 20.2 Å². The molecule has 0 aromatic carbocycles. The number of aromatic nitrogens is 3. The molecule has 0 saturated carbocycles. The highest BCUT2D eigenvalue weighted by Gasteiger charge is 2.20. The van der Waals surface area contributed by atoms with Gasteiger partial charge in [0.15, 0.2) is 0 Å². The molecule has 1 atom stereocenters. The molecule has 3 rings (SSSR count). The summed E-state index contributed by atoms with van der Waals surface area (Å²) >= 11 is 0. The van der Waals surface area contributed by atoms with Gasteiger partial charge in [-0.05, 0) is 25.0 Å². The van der Waals surface area contributed by atoms with Gasteiger partial charge in [0, 0.05) is 26.4 Å². The zero-order chi connectivity index (χ0) is 16.1. The van der Waals surface area contributed by atoms with Crippen molar-refractivity contribution in [2.45, 2.75) is 25.5 Å². The van der Waals surface area contributed by atoms with Crippen LogP contribution in [0.25, 0.3) is 11.5 Å². The van der Waals surface area contributed by atoms with Crippen LogP contribution in [0, 0.1) is 0 Å². The largest absolute Gasteiger partial charge is 0.376 e. The Labute approximate surface area is 133 Å². The Balaban J connectivity index is 1.50. The summed E-state index contributed by atoms with van der Waals surface area (Å²) in [6, 6.07) is 5.26. The number of rotatable bonds is 5. The Hall–Kier alpha value is -2.48. The average molecular weight is 317 g/mol. The molecule has 1 aliphatic rings. The second-order valence-corrected chi connectivity index (χ2v) is 5.40. The van der Waals surface area contributed by atoms with E-state index < -0.39 is 0 Å². The molecular weight excluding hydrogens is 298 g/mol. The average Bonchev–Trinajstić information content (AvgIpc) is 3.25. The van der Waals surface area contributed by atoms with E-state index in [4.69, 9.17) is 9.26 Å². The molecule has 2 aromatic rings. The Morgan fingerprint density at radius 3 is 3.13 bits per heavy atom. The second kappa shape index (κ2) is 7.19. The van der Waals surface area contributed by atoms with Gasteiger partial charge in [-0.1, -0.05) is 11.2 Å². The topological polar surface area (TPSA) is 93.4 Å². The fraction of sp³-hybridized carbons (Fsp3) is 0.467. The van der Waals surface area contributed by atoms with Gasteiger partial charge in [-0.15, -0.1) is 0 Å². The van der Waals surface area contributed by atoms with E-state index in [0.717, 1.165) is 19.4 Å². The highest BCUT2D eigenvalue weighted by atomic mass is 16.5. The van der Waals surface area contributed by atoms with Crippen molar-refractivity contribution < 1.29 is 14.1 Å². The van der Waals surface area contributed by atoms with Gasteiger partial charge < -0.3 is 19.5 Å². The third-order valence-corrected chi connectivity index (χ3v) is 3.60. The smallest absolute Gasteiger partial charge is 0.317 e. The van der Waals surface area contributed by atoms with Gasteiger partial charge in [0.05, 0.1) is 12.6 Å². The summed E-state index contributed by atoms with van der Waals surface area (Å²) in [6.07, 6.45) is 3.84. The van der Waals surface area contributed by atoms with E-state index in [1.165, 1.54) is 0 Å². The number of nitrogens with one attached hydrogen (secondary N) is 1. The summed E-state index contributed by atoms with van der Waals surface area (Å²) < 4.78 is 10.6. The van der Waals surface area contributed by atoms with Gasteiger partial charge in [0.2, 0.25) is 11.7 Å². The van der Waals surface area contributed by atoms with Crippen LogP contribution in [0.5, 0.6) is 0 Å². The van der Waals surface area contributed by atoms with Gasteiger partial charge in [0.1, 0.15) is 5.69 Å². The summed E-state index contributed by atoms with van der Waals surface area (Å²) in [7, 11) is 1.74. The third-order valence-electron chi connectivity index (χ3n) is 3.60. The molecular formula is C15H19N5O3. The van der Waals surface area contributed by atoms with Crippen molar-refractivity contribution in [1.29, 1.82) is 0 Å². The molecule has 1 aliphatic heterocycles. The highest BCUT2D eigenvalue weighted by Crippen LogP contribution is 2.13. The maximum Gasteiger partial charge on any atom is 0.317 e. The molecule has 0 unspecified atom stereocenters. The van der Waals surface area contributed by atoms with Crippen molar-refractivity contribution in [3.63, 3.8) is 0 Å². The fourth-order valence-corrected chi connectivity index (χ4v) is 2.39. The van der Waals surface area contributed by atoms with Crippen molar-refractivity contribution >= 4 is 6.03 Å². The lowest BCUT2D eigenvalue weighted by Gasteiger charge is -2.20. The number of carbonyl (C=O) groups excluding carboxylic acids is 1. The SMILES string of the molecule is CN(C[C@@H]1CCCO1)C(=O)NCc1nc(-c2ccccn2)no1. The Morgan fingerprint density at radius 1 is 1.48 bits per heavy atom. The van der Waals surface area contributed by atoms with Crippen LogP contribution in [-0.2, 0) is 11.3 Å². The fourth-order valence-electron chi connectivity index (χ4n) is 2.39. The first kappa shape index (κ1) is 15.4. The van der Waals surface area contributed by atoms with E-state index in [2.05, 4.69) is 20.4 Å². The number of likely N-dealkylation sites (N-methyl/N-ethyl adjacent to an activating group) is 1. The summed E-state index contributed by atoms with van der Waals surface area (Å²) in [6.45, 7) is 1.53. The maximum absolute atomic E-state index is 12.0. The number of urea groups is 1. The summed E-state index contributed by atoms with van der Waals surface area (Å²) in [5, 5.41) is 6.61. The molecule has 0 spiro atoms. The molecule has 1 N–H and O–H groups in total. The molecule has 23 heavy (non-hydrogen) atoms. The second-order valence-electron chi connectivity index (χ2n) is 5.40. The number of nitrogens with zero attached hydrogens (tertiary/aromatic N) is 4. The number of hydrogen-bond donors (Lipinski definition) is 1. The summed E-state index contributed by atoms with van der Waals surface area (Å²) in [5.74, 6) is 0.743. The lowest BCUT2D eigenvalue weighted by molar-refractivity contribution is 0.0873. The van der Waals surface area contributed by atoms with Crippen LogP contribution in [-0.4, -0.2) is 52.4 Å². The normalized spacial score (nSPS) is 17.2. The molecule has 0 bridgehead atoms. The monoisotopic (exact) mass is 317 g/mol. The highest BCUT2D eigenvalue weighted by molar-refractivity contribution is 5.73. The van der Waals surface area contributed by atoms with Crippen LogP contribution >= 0.6 is 0 Å². The van der Waals surface area contributed by atoms with E-state index in [9.17, 15) is 4.79 Å². The van der Waals surface area contributed by atoms with Crippen LogP contribution in [0.1, 0.15) is 18.7 Å². The Morgan fingerprint density at radius 2 is 2.39 bits per heavy atom. The minimum Gasteiger partial charge on any atom is -0.376 e. The maximum atomic E-state index is 12.0. The number of carbonyl (C=O) groups is 1. The van der Waals surface area contributed by atoms with E-state index in [0.29, 0.717) is 24.0 Å². The number of hydrogen-bond acceptors (Lipinski definition) is 6. The molecule has 2 aromatic heterocycles. The summed E-state index contributed by atoms with van der Waals surface area (Å²) in [4.78, 5) is 22.0. The van der Waals surface area contributed by atoms with Crippen molar-refractivity contribution in [2.24, 2.45) is 0 Å². The minimum atomic E-state index is -0.196. The first-order chi connectivity index (χ1) is 11.2. The van der Waals surface area contributed by atoms with E-state index in [1.54, 1.807) is 24.2 Å². The molecule has 1 fully saturated rings. The number of ether oxygens (including phenoxy) is 1. The molecule has 122 valence electrons. The van der Waals surface area contributed by atoms with E-state index >= 15 is 0 Å². The predicted molar refractivity (Wildman–Crippen MR) is 81.4 cm³/mol. The third kappa shape index (κ3) is 4.04. The Kier molecular flexibility index (Phi) is 4.82. The predicted octanol–water partition coefficient (Wildman–Crippen LogP) is 1.45. The van der Waals surface area contributed by atoms with Gasteiger partial charge in [-0.3, -0.25) is 4.98 Å². The van der Waals surface area contributed by atoms with Crippen LogP contribution in [0.15, 0.2) is 28.9 Å². The van der Waals surface area contributed by atoms with Crippen LogP contribution in [0.2, 0.25) is 0 Å². The molecule has 0 radical (unpaired) electrons. The standard InChI is InChI=1S/C15H19N5O3/c1-20(10-11-5-4-8-22-11)15(21)17-9-13-18-14(19-23-13)12-6-2-3-7-16-12/h2-3,6-7,11H,4-5,8-10H2,1H3,(H,17,21)/t11-/m0/s1. The molecule has 3 heterocycles. The van der Waals surface area contributed by atoms with Crippen molar-refractivity contribution in [3.8, 4) is 11.5 Å². The van der Waals surface area contributed by atoms with Gasteiger partial charge in [-0.2, -0.15) is 4.98 Å².